The molecule has 0 radical (unpaired) electrons. The third-order valence-corrected chi connectivity index (χ3v) is 7.63. The van der Waals surface area contributed by atoms with Crippen molar-refractivity contribution in [2.45, 2.75) is 51.3 Å². The Kier molecular flexibility index (Phi) is 9.01. The quantitative estimate of drug-likeness (QED) is 0.144. The van der Waals surface area contributed by atoms with Gasteiger partial charge < -0.3 is 9.57 Å². The molecule has 6 nitrogen and oxygen atoms in total. The number of aromatic nitrogens is 2. The van der Waals surface area contributed by atoms with Crippen LogP contribution in [-0.2, 0) is 29.8 Å². The summed E-state index contributed by atoms with van der Waals surface area (Å²) in [7, 11) is 1.30. The molecular weight excluding hydrogens is 657 g/mol. The number of halogens is 9. The van der Waals surface area contributed by atoms with Crippen LogP contribution in [-0.4, -0.2) is 28.6 Å². The number of ether oxygens (including phenoxy) is 1. The van der Waals surface area contributed by atoms with Crippen LogP contribution < -0.4 is 4.74 Å². The van der Waals surface area contributed by atoms with Crippen molar-refractivity contribution in [1.29, 1.82) is 0 Å². The predicted octanol–water partition coefficient (Wildman–Crippen LogP) is 9.45. The molecule has 1 aliphatic heterocycles. The Morgan fingerprint density at radius 3 is 2.06 bits per heavy atom. The van der Waals surface area contributed by atoms with Gasteiger partial charge in [0.05, 0.1) is 29.6 Å². The molecule has 48 heavy (non-hydrogen) atoms. The van der Waals surface area contributed by atoms with Crippen molar-refractivity contribution in [3.63, 3.8) is 0 Å². The van der Waals surface area contributed by atoms with Crippen molar-refractivity contribution < 1.29 is 53.9 Å². The third kappa shape index (κ3) is 7.29. The molecule has 0 amide bonds. The summed E-state index contributed by atoms with van der Waals surface area (Å²) < 4.78 is 127. The normalized spacial score (nSPS) is 15.2. The number of pyridine rings is 2. The van der Waals surface area contributed by atoms with Crippen molar-refractivity contribution in [2.24, 2.45) is 5.16 Å². The van der Waals surface area contributed by atoms with Crippen molar-refractivity contribution >= 4 is 11.5 Å². The number of methoxy groups -OCH3 is 1. The number of Topliss-reactive ketones (excluding diaryl/α,β-unsaturated/α-hetero) is 1. The summed E-state index contributed by atoms with van der Waals surface area (Å²) in [5, 5.41) is 3.80. The summed E-state index contributed by atoms with van der Waals surface area (Å²) in [6.45, 7) is 3.19. The number of carbonyl (C=O) groups excluding carboxylic acids is 1. The van der Waals surface area contributed by atoms with Gasteiger partial charge in [-0.3, -0.25) is 4.79 Å². The van der Waals surface area contributed by atoms with Crippen molar-refractivity contribution in [3.05, 3.63) is 100.0 Å². The number of hydrogen-bond donors (Lipinski definition) is 0. The number of nitrogens with zero attached hydrogens (tertiary/aromatic N) is 3. The van der Waals surface area contributed by atoms with Crippen LogP contribution >= 0.6 is 0 Å². The number of alkyl halides is 9. The summed E-state index contributed by atoms with van der Waals surface area (Å²) in [4.78, 5) is 25.2. The third-order valence-electron chi connectivity index (χ3n) is 7.63. The molecule has 0 N–H and O–H groups in total. The molecule has 0 spiro atoms. The fourth-order valence-corrected chi connectivity index (χ4v) is 5.27. The Hall–Kier alpha value is -4.95. The van der Waals surface area contributed by atoms with Crippen molar-refractivity contribution in [2.75, 3.05) is 7.11 Å². The molecule has 2 aromatic heterocycles. The number of hydrogen-bond acceptors (Lipinski definition) is 6. The van der Waals surface area contributed by atoms with Crippen LogP contribution in [0.2, 0.25) is 0 Å². The van der Waals surface area contributed by atoms with Gasteiger partial charge >= 0.3 is 18.5 Å². The zero-order valence-corrected chi connectivity index (χ0v) is 25.2. The molecule has 5 rings (SSSR count). The van der Waals surface area contributed by atoms with E-state index in [1.54, 1.807) is 31.2 Å². The second-order valence-corrected chi connectivity index (χ2v) is 11.0. The van der Waals surface area contributed by atoms with E-state index in [-0.39, 0.29) is 46.7 Å². The average Bonchev–Trinajstić information content (AvgIpc) is 3.47. The number of benzene rings is 2. The minimum Gasteiger partial charge on any atom is -0.481 e. The van der Waals surface area contributed by atoms with Gasteiger partial charge in [0.25, 0.3) is 0 Å². The Balaban J connectivity index is 1.53. The van der Waals surface area contributed by atoms with Gasteiger partial charge in [-0.05, 0) is 66.9 Å². The van der Waals surface area contributed by atoms with Crippen LogP contribution in [0.15, 0.2) is 65.9 Å². The zero-order valence-electron chi connectivity index (χ0n) is 25.2. The van der Waals surface area contributed by atoms with E-state index in [1.807, 2.05) is 0 Å². The van der Waals surface area contributed by atoms with E-state index < -0.39 is 53.4 Å². The van der Waals surface area contributed by atoms with E-state index in [9.17, 15) is 44.3 Å². The fraction of sp³-hybridized carbons (Fsp3) is 0.273. The molecule has 2 aromatic carbocycles. The van der Waals surface area contributed by atoms with E-state index in [0.717, 1.165) is 17.7 Å². The van der Waals surface area contributed by atoms with Crippen LogP contribution in [0.3, 0.4) is 0 Å². The standard InChI is InChI=1S/C33H24F9N3O3/c1-16-8-18(17(2)46)4-5-24(16)20-11-26(30(47-3)43-15-20)25-6-7-29(33(40,41)42)44-27(25)13-23-14-28(48-45-23)19-9-21(31(34,35)36)12-22(10-19)32(37,38)39/h4-12,15,28H,13-14H2,1-3H3/t28-/m0/s1. The molecule has 1 aliphatic rings. The summed E-state index contributed by atoms with van der Waals surface area (Å²) in [6.07, 6.45) is -15.7. The molecule has 4 aromatic rings. The second kappa shape index (κ2) is 12.6. The number of rotatable bonds is 7. The summed E-state index contributed by atoms with van der Waals surface area (Å²) in [5.74, 6) is -0.112. The van der Waals surface area contributed by atoms with Gasteiger partial charge in [-0.1, -0.05) is 23.4 Å². The first-order chi connectivity index (χ1) is 22.3. The summed E-state index contributed by atoms with van der Waals surface area (Å²) in [6, 6.07) is 9.55. The molecular formula is C33H24F9N3O3. The lowest BCUT2D eigenvalue weighted by molar-refractivity contribution is -0.143. The Morgan fingerprint density at radius 1 is 0.854 bits per heavy atom. The van der Waals surface area contributed by atoms with Gasteiger partial charge in [-0.15, -0.1) is 0 Å². The minimum atomic E-state index is -5.09. The molecule has 3 heterocycles. The maximum Gasteiger partial charge on any atom is 0.433 e. The molecule has 0 unspecified atom stereocenters. The van der Waals surface area contributed by atoms with Crippen LogP contribution in [0.1, 0.15) is 63.4 Å². The lowest BCUT2D eigenvalue weighted by atomic mass is 9.93. The Bertz CT molecular complexity index is 1880. The number of aryl methyl sites for hydroxylation is 1. The largest absolute Gasteiger partial charge is 0.481 e. The lowest BCUT2D eigenvalue weighted by Crippen LogP contribution is -2.14. The van der Waals surface area contributed by atoms with Gasteiger partial charge in [0.1, 0.15) is 5.69 Å². The minimum absolute atomic E-state index is 0.0201. The first kappa shape index (κ1) is 34.4. The molecule has 0 saturated heterocycles. The highest BCUT2D eigenvalue weighted by Gasteiger charge is 2.39. The highest BCUT2D eigenvalue weighted by atomic mass is 19.4. The Labute approximate surface area is 267 Å². The van der Waals surface area contributed by atoms with Crippen LogP contribution in [0.25, 0.3) is 22.3 Å². The first-order valence-corrected chi connectivity index (χ1v) is 14.1. The van der Waals surface area contributed by atoms with E-state index in [0.29, 0.717) is 28.8 Å². The molecule has 0 saturated carbocycles. The van der Waals surface area contributed by atoms with Crippen LogP contribution in [0.5, 0.6) is 5.88 Å². The molecule has 15 heteroatoms. The van der Waals surface area contributed by atoms with Crippen LogP contribution in [0, 0.1) is 6.92 Å². The predicted molar refractivity (Wildman–Crippen MR) is 155 cm³/mol. The SMILES string of the molecule is COc1ncc(-c2ccc(C(C)=O)cc2C)cc1-c1ccc(C(F)(F)F)nc1CC1=NO[C@H](c2cc(C(F)(F)F)cc(C(F)(F)F)c2)C1. The first-order valence-electron chi connectivity index (χ1n) is 14.1. The van der Waals surface area contributed by atoms with Gasteiger partial charge in [0.15, 0.2) is 11.9 Å². The lowest BCUT2D eigenvalue weighted by Gasteiger charge is -2.17. The summed E-state index contributed by atoms with van der Waals surface area (Å²) in [5.41, 5.74) is -2.14. The number of carbonyl (C=O) groups is 1. The maximum atomic E-state index is 13.8. The zero-order chi connectivity index (χ0) is 35.2. The van der Waals surface area contributed by atoms with E-state index in [2.05, 4.69) is 15.1 Å². The topological polar surface area (TPSA) is 73.7 Å². The highest BCUT2D eigenvalue weighted by molar-refractivity contribution is 5.95. The average molecular weight is 682 g/mol. The molecule has 252 valence electrons. The molecule has 1 atom stereocenters. The smallest absolute Gasteiger partial charge is 0.433 e. The van der Waals surface area contributed by atoms with Gasteiger partial charge in [-0.2, -0.15) is 39.5 Å². The maximum absolute atomic E-state index is 13.8. The van der Waals surface area contributed by atoms with Gasteiger partial charge in [-0.25, -0.2) is 9.97 Å². The Morgan fingerprint density at radius 2 is 1.50 bits per heavy atom. The van der Waals surface area contributed by atoms with E-state index in [4.69, 9.17) is 9.57 Å². The number of oxime groups is 1. The van der Waals surface area contributed by atoms with Gasteiger partial charge in [0, 0.05) is 41.3 Å². The number of ketones is 1. The van der Waals surface area contributed by atoms with Gasteiger partial charge in [0.2, 0.25) is 5.88 Å². The monoisotopic (exact) mass is 681 g/mol. The second-order valence-electron chi connectivity index (χ2n) is 11.0. The molecule has 0 aliphatic carbocycles. The fourth-order valence-electron chi connectivity index (χ4n) is 5.27. The van der Waals surface area contributed by atoms with E-state index in [1.165, 1.54) is 20.2 Å². The van der Waals surface area contributed by atoms with Crippen LogP contribution in [0.4, 0.5) is 39.5 Å². The van der Waals surface area contributed by atoms with E-state index >= 15 is 0 Å². The highest BCUT2D eigenvalue weighted by Crippen LogP contribution is 2.41. The molecule has 0 bridgehead atoms. The van der Waals surface area contributed by atoms with Crippen molar-refractivity contribution in [1.82, 2.24) is 9.97 Å². The van der Waals surface area contributed by atoms with Crippen molar-refractivity contribution in [3.8, 4) is 28.1 Å². The summed E-state index contributed by atoms with van der Waals surface area (Å²) >= 11 is 0. The molecule has 0 fully saturated rings.